The van der Waals surface area contributed by atoms with Crippen molar-refractivity contribution in [1.82, 2.24) is 0 Å². The van der Waals surface area contributed by atoms with Crippen molar-refractivity contribution in [1.29, 1.82) is 0 Å². The van der Waals surface area contributed by atoms with E-state index in [4.69, 9.17) is 9.68 Å². The molecule has 0 heterocycles. The zero-order valence-corrected chi connectivity index (χ0v) is 21.9. The minimum atomic E-state index is 0.584. The second kappa shape index (κ2) is 11.8. The fourth-order valence-corrected chi connectivity index (χ4v) is 4.93. The van der Waals surface area contributed by atoms with Crippen molar-refractivity contribution < 1.29 is 9.68 Å². The molecule has 6 rings (SSSR count). The maximum atomic E-state index is 8.93. The Morgan fingerprint density at radius 2 is 0.825 bits per heavy atom. The molecule has 0 amide bonds. The van der Waals surface area contributed by atoms with Crippen LogP contribution in [0.5, 0.6) is 5.75 Å². The van der Waals surface area contributed by atoms with Gasteiger partial charge in [-0.25, -0.2) is 0 Å². The first-order chi connectivity index (χ1) is 19.8. The summed E-state index contributed by atoms with van der Waals surface area (Å²) >= 11 is 0. The van der Waals surface area contributed by atoms with Crippen molar-refractivity contribution in [3.05, 3.63) is 158 Å². The van der Waals surface area contributed by atoms with Crippen LogP contribution in [0.4, 0.5) is 17.1 Å². The summed E-state index contributed by atoms with van der Waals surface area (Å²) in [5.74, 6) is 0.584. The van der Waals surface area contributed by atoms with E-state index in [2.05, 4.69) is 126 Å². The molecule has 1 radical (unpaired) electrons. The third-order valence-electron chi connectivity index (χ3n) is 6.95. The molecule has 0 aliphatic rings. The Kier molecular flexibility index (Phi) is 7.43. The van der Waals surface area contributed by atoms with Gasteiger partial charge in [0.15, 0.2) is 0 Å². The Morgan fingerprint density at radius 1 is 0.400 bits per heavy atom. The van der Waals surface area contributed by atoms with Gasteiger partial charge in [0.25, 0.3) is 0 Å². The molecule has 0 bridgehead atoms. The van der Waals surface area contributed by atoms with Crippen molar-refractivity contribution in [3.8, 4) is 39.1 Å². The molecule has 0 aliphatic heterocycles. The molecule has 0 aliphatic carbocycles. The highest BCUT2D eigenvalue weighted by Crippen LogP contribution is 2.38. The van der Waals surface area contributed by atoms with Gasteiger partial charge in [-0.2, -0.15) is 0 Å². The second-order valence-electron chi connectivity index (χ2n) is 9.46. The number of rotatable bonds is 8. The number of anilines is 3. The molecule has 6 aromatic rings. The van der Waals surface area contributed by atoms with Crippen LogP contribution in [-0.2, 0) is 0 Å². The largest absolute Gasteiger partial charge is 0.569 e. The lowest BCUT2D eigenvalue weighted by Crippen LogP contribution is -2.10. The van der Waals surface area contributed by atoms with Gasteiger partial charge in [-0.15, -0.1) is 0 Å². The van der Waals surface area contributed by atoms with Crippen molar-refractivity contribution in [3.63, 3.8) is 0 Å². The Morgan fingerprint density at radius 3 is 1.32 bits per heavy atom. The SMILES string of the molecule is O[B]Oc1ccc(-c2cccc(N(c3ccc(-c4ccccc4)cc3)c3ccc(-c4ccccc4)cc3)c2)cc1. The van der Waals surface area contributed by atoms with Crippen LogP contribution in [0.15, 0.2) is 158 Å². The van der Waals surface area contributed by atoms with Crippen molar-refractivity contribution in [2.75, 3.05) is 4.90 Å². The summed E-state index contributed by atoms with van der Waals surface area (Å²) in [5, 5.41) is 8.93. The molecule has 0 saturated carbocycles. The molecule has 0 spiro atoms. The maximum Gasteiger partial charge on any atom is 0.569 e. The summed E-state index contributed by atoms with van der Waals surface area (Å²) in [7, 11) is 0.694. The van der Waals surface area contributed by atoms with E-state index in [0.29, 0.717) is 13.4 Å². The molecule has 0 fully saturated rings. The third kappa shape index (κ3) is 5.53. The summed E-state index contributed by atoms with van der Waals surface area (Å²) in [4.78, 5) is 2.28. The average Bonchev–Trinajstić information content (AvgIpc) is 3.03. The smallest absolute Gasteiger partial charge is 0.537 e. The van der Waals surface area contributed by atoms with Crippen LogP contribution in [0.1, 0.15) is 0 Å². The van der Waals surface area contributed by atoms with Gasteiger partial charge in [-0.05, 0) is 81.9 Å². The molecule has 4 heteroatoms. The molecule has 3 nitrogen and oxygen atoms in total. The number of hydrogen-bond acceptors (Lipinski definition) is 3. The van der Waals surface area contributed by atoms with Gasteiger partial charge in [0.1, 0.15) is 5.75 Å². The molecule has 0 aromatic heterocycles. The highest BCUT2D eigenvalue weighted by molar-refractivity contribution is 6.17. The summed E-state index contributed by atoms with van der Waals surface area (Å²) in [6.07, 6.45) is 0. The zero-order chi connectivity index (χ0) is 27.1. The van der Waals surface area contributed by atoms with Crippen molar-refractivity contribution in [2.45, 2.75) is 0 Å². The molecule has 6 aromatic carbocycles. The number of nitrogens with zero attached hydrogens (tertiary/aromatic N) is 1. The molecule has 40 heavy (non-hydrogen) atoms. The van der Waals surface area contributed by atoms with Crippen LogP contribution < -0.4 is 9.55 Å². The Balaban J connectivity index is 1.40. The van der Waals surface area contributed by atoms with Crippen molar-refractivity contribution in [2.24, 2.45) is 0 Å². The van der Waals surface area contributed by atoms with Gasteiger partial charge in [0.05, 0.1) is 0 Å². The lowest BCUT2D eigenvalue weighted by atomic mass is 10.0. The van der Waals surface area contributed by atoms with Crippen LogP contribution in [-0.4, -0.2) is 12.7 Å². The first-order valence-corrected chi connectivity index (χ1v) is 13.2. The van der Waals surface area contributed by atoms with Crippen molar-refractivity contribution >= 4 is 24.7 Å². The molecule has 0 atom stereocenters. The zero-order valence-electron chi connectivity index (χ0n) is 21.9. The molecule has 0 unspecified atom stereocenters. The molecule has 0 saturated heterocycles. The van der Waals surface area contributed by atoms with E-state index in [-0.39, 0.29) is 0 Å². The molecule has 1 N–H and O–H groups in total. The number of benzene rings is 6. The predicted molar refractivity (Wildman–Crippen MR) is 166 cm³/mol. The Labute approximate surface area is 235 Å². The highest BCUT2D eigenvalue weighted by atomic mass is 16.5. The van der Waals surface area contributed by atoms with E-state index in [9.17, 15) is 0 Å². The monoisotopic (exact) mass is 516 g/mol. The van der Waals surface area contributed by atoms with Gasteiger partial charge in [0.2, 0.25) is 0 Å². The third-order valence-corrected chi connectivity index (χ3v) is 6.95. The molecular formula is C36H27BNO2. The van der Waals surface area contributed by atoms with Crippen LogP contribution in [0, 0.1) is 0 Å². The molecule has 191 valence electrons. The van der Waals surface area contributed by atoms with E-state index >= 15 is 0 Å². The van der Waals surface area contributed by atoms with Crippen LogP contribution in [0.2, 0.25) is 0 Å². The van der Waals surface area contributed by atoms with Gasteiger partial charge in [-0.1, -0.05) is 109 Å². The lowest BCUT2D eigenvalue weighted by molar-refractivity contribution is 0.454. The van der Waals surface area contributed by atoms with Gasteiger partial charge in [-0.3, -0.25) is 0 Å². The topological polar surface area (TPSA) is 32.7 Å². The van der Waals surface area contributed by atoms with E-state index in [1.165, 1.54) is 22.3 Å². The maximum absolute atomic E-state index is 8.93. The first kappa shape index (κ1) is 25.2. The van der Waals surface area contributed by atoms with E-state index < -0.39 is 0 Å². The summed E-state index contributed by atoms with van der Waals surface area (Å²) in [6.45, 7) is 0. The summed E-state index contributed by atoms with van der Waals surface area (Å²) < 4.78 is 5.08. The molecular weight excluding hydrogens is 489 g/mol. The van der Waals surface area contributed by atoms with Gasteiger partial charge >= 0.3 is 7.69 Å². The summed E-state index contributed by atoms with van der Waals surface area (Å²) in [5.41, 5.74) is 10.1. The highest BCUT2D eigenvalue weighted by Gasteiger charge is 2.14. The second-order valence-corrected chi connectivity index (χ2v) is 9.46. The summed E-state index contributed by atoms with van der Waals surface area (Å²) in [6, 6.07) is 54.5. The standard InChI is InChI=1S/C36H27BNO2/c39-37-40-36-24-18-31(19-25-36)32-12-7-13-35(26-32)38(33-20-14-29(15-21-33)27-8-3-1-4-9-27)34-22-16-30(17-23-34)28-10-5-2-6-11-28/h1-26,39H. The quantitative estimate of drug-likeness (QED) is 0.205. The minimum absolute atomic E-state index is 0.584. The van der Waals surface area contributed by atoms with Gasteiger partial charge < -0.3 is 14.6 Å². The fourth-order valence-electron chi connectivity index (χ4n) is 4.93. The predicted octanol–water partition coefficient (Wildman–Crippen LogP) is 9.06. The average molecular weight is 516 g/mol. The number of hydrogen-bond donors (Lipinski definition) is 1. The van der Waals surface area contributed by atoms with Crippen LogP contribution in [0.3, 0.4) is 0 Å². The minimum Gasteiger partial charge on any atom is -0.537 e. The van der Waals surface area contributed by atoms with Crippen LogP contribution >= 0.6 is 0 Å². The Hall–Kier alpha value is -5.06. The first-order valence-electron chi connectivity index (χ1n) is 13.2. The van der Waals surface area contributed by atoms with Gasteiger partial charge in [0, 0.05) is 17.1 Å². The Bertz CT molecular complexity index is 1590. The lowest BCUT2D eigenvalue weighted by Gasteiger charge is -2.26. The van der Waals surface area contributed by atoms with E-state index in [0.717, 1.165) is 28.2 Å². The van der Waals surface area contributed by atoms with E-state index in [1.807, 2.05) is 36.4 Å². The normalized spacial score (nSPS) is 10.6. The van der Waals surface area contributed by atoms with Crippen LogP contribution in [0.25, 0.3) is 33.4 Å². The van der Waals surface area contributed by atoms with E-state index in [1.54, 1.807) is 0 Å². The fraction of sp³-hybridized carbons (Fsp3) is 0.